The molecule has 8 bridgehead atoms. The van der Waals surface area contributed by atoms with Crippen LogP contribution in [0.2, 0.25) is 0 Å². The molecule has 0 saturated heterocycles. The Balaban J connectivity index is 0.00000400. The van der Waals surface area contributed by atoms with Gasteiger partial charge in [0.25, 0.3) is 5.91 Å². The van der Waals surface area contributed by atoms with Crippen LogP contribution in [0.15, 0.2) is 91.0 Å². The first-order chi connectivity index (χ1) is 43.2. The van der Waals surface area contributed by atoms with Crippen molar-refractivity contribution in [3.05, 3.63) is 158 Å². The van der Waals surface area contributed by atoms with Crippen LogP contribution in [0, 0.1) is 6.92 Å². The Labute approximate surface area is 553 Å². The Morgan fingerprint density at radius 2 is 0.688 bits per heavy atom. The summed E-state index contributed by atoms with van der Waals surface area (Å²) in [6.45, 7) is 43.4. The van der Waals surface area contributed by atoms with Crippen molar-refractivity contribution in [1.82, 2.24) is 4.98 Å². The zero-order valence-electron chi connectivity index (χ0n) is 59.7. The predicted octanol–water partition coefficient (Wildman–Crippen LogP) is 17.3. The fourth-order valence-corrected chi connectivity index (χ4v) is 11.2. The fourth-order valence-electron chi connectivity index (χ4n) is 11.2. The summed E-state index contributed by atoms with van der Waals surface area (Å²) in [7, 11) is 0. The largest absolute Gasteiger partial charge is 0.483 e. The minimum atomic E-state index is -0.784. The molecule has 0 aliphatic heterocycles. The molecule has 14 nitrogen and oxygen atoms in total. The second-order valence-corrected chi connectivity index (χ2v) is 30.7. The van der Waals surface area contributed by atoms with Gasteiger partial charge < -0.3 is 43.8 Å². The molecule has 1 heterocycles. The van der Waals surface area contributed by atoms with E-state index in [9.17, 15) is 19.2 Å². The quantitative estimate of drug-likeness (QED) is 0.0565. The van der Waals surface area contributed by atoms with Crippen molar-refractivity contribution in [2.45, 2.75) is 217 Å². The molecule has 1 aliphatic rings. The van der Waals surface area contributed by atoms with Gasteiger partial charge in [-0.25, -0.2) is 19.4 Å². The molecule has 0 spiro atoms. The standard InChI is InChI=1S/C76H95N3O11.C3H8/c1-21-77-59-24-22-46-28-47-23-25-60(40-62(47)79-61(46)39-59)78-63(80)41-84-68-50-29-48-26-45(2)27-49(67(48)85-42-64(81)88-74(12,13)14)30-51-34-57(72(6,7)8)37-54(69(51)86-43-65(82)89-75(15,16)17)32-55-38-58(73(9,10)11)36-53(31-52(68)35-56(33-50)71(3,4)5)70(55)87-44-66(83)90-76(18,19)20;1-3-2/h22-28,33-40,77H,21,29-32,41-44H2,1-20H3,(H,78,80);3H2,1-2H3. The highest BCUT2D eigenvalue weighted by Gasteiger charge is 2.31. The first kappa shape index (κ1) is 72.3. The van der Waals surface area contributed by atoms with Gasteiger partial charge in [-0.05, 0) is 184 Å². The number of carbonyl (C=O) groups excluding carboxylic acids is 4. The summed E-state index contributed by atoms with van der Waals surface area (Å²) in [5, 5.41) is 8.41. The molecular formula is C79H103N3O11. The van der Waals surface area contributed by atoms with E-state index in [-0.39, 0.29) is 56.8 Å². The molecule has 0 saturated carbocycles. The summed E-state index contributed by atoms with van der Waals surface area (Å²) in [4.78, 5) is 60.9. The molecule has 8 rings (SSSR count). The number of anilines is 2. The van der Waals surface area contributed by atoms with Crippen molar-refractivity contribution in [1.29, 1.82) is 0 Å². The number of rotatable bonds is 15. The van der Waals surface area contributed by atoms with Gasteiger partial charge in [0.05, 0.1) is 11.0 Å². The molecule has 0 fully saturated rings. The zero-order valence-corrected chi connectivity index (χ0v) is 59.7. The van der Waals surface area contributed by atoms with Gasteiger partial charge in [-0.2, -0.15) is 0 Å². The highest BCUT2D eigenvalue weighted by molar-refractivity contribution is 5.98. The second-order valence-electron chi connectivity index (χ2n) is 30.7. The van der Waals surface area contributed by atoms with Crippen molar-refractivity contribution in [2.75, 3.05) is 43.6 Å². The van der Waals surface area contributed by atoms with E-state index in [1.165, 1.54) is 6.42 Å². The van der Waals surface area contributed by atoms with Gasteiger partial charge in [0.15, 0.2) is 26.4 Å². The van der Waals surface area contributed by atoms with Gasteiger partial charge in [0, 0.05) is 54.4 Å². The SMILES string of the molecule is CCC.CCNc1ccc2cc3ccc(NC(=O)COc4c5cc(C(C)(C)C)cc4Cc4cc(C(C)(C)C)cc(c4OCC(=O)OC(C)(C)C)Cc4cc(C(C)(C)C)cc(c4OCC(=O)OC(C)(C)C)Cc4cc(C)cc(c4OCC(=O)OC(C)(C)C)C5)cc3nc2c1. The summed E-state index contributed by atoms with van der Waals surface area (Å²) in [5.41, 5.74) is 9.60. The van der Waals surface area contributed by atoms with Gasteiger partial charge in [-0.3, -0.25) is 4.79 Å². The van der Waals surface area contributed by atoms with Crippen LogP contribution in [0.3, 0.4) is 0 Å². The summed E-state index contributed by atoms with van der Waals surface area (Å²) in [6, 6.07) is 30.9. The summed E-state index contributed by atoms with van der Waals surface area (Å²) in [5.74, 6) is -0.103. The third-order valence-corrected chi connectivity index (χ3v) is 15.1. The van der Waals surface area contributed by atoms with E-state index < -0.39 is 52.1 Å². The molecule has 7 aromatic rings. The van der Waals surface area contributed by atoms with Gasteiger partial charge >= 0.3 is 17.9 Å². The minimum absolute atomic E-state index is 0.227. The Kier molecular flexibility index (Phi) is 22.6. The van der Waals surface area contributed by atoms with E-state index in [0.29, 0.717) is 28.7 Å². The predicted molar refractivity (Wildman–Crippen MR) is 375 cm³/mol. The maximum absolute atomic E-state index is 14.5. The lowest BCUT2D eigenvalue weighted by molar-refractivity contribution is -0.158. The van der Waals surface area contributed by atoms with Crippen molar-refractivity contribution < 1.29 is 52.3 Å². The molecule has 1 aliphatic carbocycles. The normalized spacial score (nSPS) is 12.9. The van der Waals surface area contributed by atoms with Crippen molar-refractivity contribution in [3.8, 4) is 23.0 Å². The molecule has 93 heavy (non-hydrogen) atoms. The molecule has 0 radical (unpaired) electrons. The Bertz CT molecular complexity index is 3870. The topological polar surface area (TPSA) is 170 Å². The van der Waals surface area contributed by atoms with Crippen molar-refractivity contribution in [3.63, 3.8) is 0 Å². The number of fused-ring (bicyclic) bond motifs is 10. The number of esters is 3. The molecule has 500 valence electrons. The summed E-state index contributed by atoms with van der Waals surface area (Å²) < 4.78 is 45.1. The third-order valence-electron chi connectivity index (χ3n) is 15.1. The molecule has 14 heteroatoms. The van der Waals surface area contributed by atoms with Crippen LogP contribution in [0.1, 0.15) is 219 Å². The number of nitrogens with one attached hydrogen (secondary N) is 2. The lowest BCUT2D eigenvalue weighted by atomic mass is 9.80. The highest BCUT2D eigenvalue weighted by Crippen LogP contribution is 2.44. The first-order valence-corrected chi connectivity index (χ1v) is 32.8. The van der Waals surface area contributed by atoms with Crippen LogP contribution < -0.4 is 29.6 Å². The Morgan fingerprint density at radius 1 is 0.398 bits per heavy atom. The van der Waals surface area contributed by atoms with Crippen LogP contribution in [0.5, 0.6) is 23.0 Å². The Hall–Kier alpha value is -8.13. The maximum atomic E-state index is 14.5. The van der Waals surface area contributed by atoms with E-state index in [0.717, 1.165) is 101 Å². The number of benzene rings is 6. The number of amides is 1. The zero-order chi connectivity index (χ0) is 68.8. The van der Waals surface area contributed by atoms with Crippen LogP contribution in [-0.2, 0) is 75.3 Å². The monoisotopic (exact) mass is 1270 g/mol. The van der Waals surface area contributed by atoms with Crippen LogP contribution in [0.25, 0.3) is 21.8 Å². The van der Waals surface area contributed by atoms with E-state index in [2.05, 4.69) is 154 Å². The average Bonchev–Trinajstić information content (AvgIpc) is 0.780. The summed E-state index contributed by atoms with van der Waals surface area (Å²) >= 11 is 0. The smallest absolute Gasteiger partial charge is 0.344 e. The second kappa shape index (κ2) is 29.0. The number of aromatic nitrogens is 1. The molecule has 1 aromatic heterocycles. The van der Waals surface area contributed by atoms with Crippen LogP contribution >= 0.6 is 0 Å². The number of hydrogen-bond acceptors (Lipinski definition) is 13. The number of pyridine rings is 1. The van der Waals surface area contributed by atoms with Gasteiger partial charge in [0.1, 0.15) is 39.8 Å². The molecule has 0 unspecified atom stereocenters. The average molecular weight is 1270 g/mol. The van der Waals surface area contributed by atoms with Crippen molar-refractivity contribution in [2.24, 2.45) is 0 Å². The number of ether oxygens (including phenoxy) is 7. The van der Waals surface area contributed by atoms with Gasteiger partial charge in [-0.15, -0.1) is 0 Å². The van der Waals surface area contributed by atoms with E-state index >= 15 is 0 Å². The Morgan fingerprint density at radius 3 is 0.989 bits per heavy atom. The minimum Gasteiger partial charge on any atom is -0.483 e. The van der Waals surface area contributed by atoms with Gasteiger partial charge in [-0.1, -0.05) is 149 Å². The molecule has 2 N–H and O–H groups in total. The van der Waals surface area contributed by atoms with Crippen LogP contribution in [0.4, 0.5) is 11.4 Å². The van der Waals surface area contributed by atoms with Crippen molar-refractivity contribution >= 4 is 57.0 Å². The number of aryl methyl sites for hydroxylation is 1. The van der Waals surface area contributed by atoms with Gasteiger partial charge in [0.2, 0.25) is 0 Å². The lowest BCUT2D eigenvalue weighted by Crippen LogP contribution is -2.28. The third kappa shape index (κ3) is 20.4. The summed E-state index contributed by atoms with van der Waals surface area (Å²) in [6.07, 6.45) is 2.18. The lowest BCUT2D eigenvalue weighted by Gasteiger charge is -2.29. The molecule has 1 amide bonds. The maximum Gasteiger partial charge on any atom is 0.344 e. The first-order valence-electron chi connectivity index (χ1n) is 32.8. The number of hydrogen-bond donors (Lipinski definition) is 2. The van der Waals surface area contributed by atoms with E-state index in [4.69, 9.17) is 38.1 Å². The highest BCUT2D eigenvalue weighted by atomic mass is 16.6. The number of nitrogens with zero attached hydrogens (tertiary/aromatic N) is 1. The fraction of sp³-hybridized carbons (Fsp3) is 0.481. The number of carbonyl (C=O) groups is 4. The van der Waals surface area contributed by atoms with E-state index in [1.54, 1.807) is 0 Å². The molecule has 6 aromatic carbocycles. The molecular weight excluding hydrogens is 1170 g/mol. The van der Waals surface area contributed by atoms with E-state index in [1.807, 2.05) is 99.6 Å². The molecule has 0 atom stereocenters. The van der Waals surface area contributed by atoms with Crippen LogP contribution in [-0.4, -0.2) is 78.6 Å².